The van der Waals surface area contributed by atoms with Crippen molar-refractivity contribution in [2.45, 2.75) is 44.6 Å². The highest BCUT2D eigenvalue weighted by molar-refractivity contribution is 5.91. The highest BCUT2D eigenvalue weighted by Gasteiger charge is 2.43. The van der Waals surface area contributed by atoms with Crippen LogP contribution in [-0.2, 0) is 9.59 Å². The molecule has 0 unspecified atom stereocenters. The van der Waals surface area contributed by atoms with Crippen LogP contribution in [0, 0.1) is 0 Å². The number of carbonyl (C=O) groups is 2. The van der Waals surface area contributed by atoms with Gasteiger partial charge in [-0.15, -0.1) is 0 Å². The lowest BCUT2D eigenvalue weighted by molar-refractivity contribution is -0.143. The number of anilines is 1. The van der Waals surface area contributed by atoms with Crippen molar-refractivity contribution in [3.63, 3.8) is 0 Å². The number of nitrogens with one attached hydrogen (secondary N) is 1. The van der Waals surface area contributed by atoms with Crippen LogP contribution in [0.3, 0.4) is 0 Å². The van der Waals surface area contributed by atoms with Crippen LogP contribution in [0.25, 0.3) is 0 Å². The number of piperazine rings is 1. The first-order valence-electron chi connectivity index (χ1n) is 8.84. The smallest absolute Gasteiger partial charge is 0.248 e. The van der Waals surface area contributed by atoms with E-state index >= 15 is 0 Å². The minimum Gasteiger partial charge on any atom is -0.368 e. The predicted octanol–water partition coefficient (Wildman–Crippen LogP) is 1.57. The van der Waals surface area contributed by atoms with Crippen LogP contribution in [0.15, 0.2) is 24.5 Å². The summed E-state index contributed by atoms with van der Waals surface area (Å²) >= 11 is 0. The summed E-state index contributed by atoms with van der Waals surface area (Å²) in [5.41, 5.74) is 0.467. The van der Waals surface area contributed by atoms with E-state index in [9.17, 15) is 9.59 Å². The lowest BCUT2D eigenvalue weighted by atomic mass is 9.80. The Balaban J connectivity index is 1.66. The van der Waals surface area contributed by atoms with Gasteiger partial charge in [0.15, 0.2) is 0 Å². The summed E-state index contributed by atoms with van der Waals surface area (Å²) in [6.45, 7) is 4.52. The van der Waals surface area contributed by atoms with Gasteiger partial charge in [-0.25, -0.2) is 0 Å². The largest absolute Gasteiger partial charge is 0.368 e. The number of pyridine rings is 1. The Morgan fingerprint density at radius 2 is 1.67 bits per heavy atom. The second-order valence-electron chi connectivity index (χ2n) is 6.81. The zero-order valence-electron chi connectivity index (χ0n) is 14.3. The average molecular weight is 330 g/mol. The number of amides is 2. The van der Waals surface area contributed by atoms with Crippen molar-refractivity contribution in [2.24, 2.45) is 0 Å². The molecule has 24 heavy (non-hydrogen) atoms. The molecule has 6 heteroatoms. The van der Waals surface area contributed by atoms with Crippen LogP contribution < -0.4 is 10.2 Å². The maximum Gasteiger partial charge on any atom is 0.248 e. The van der Waals surface area contributed by atoms with Crippen molar-refractivity contribution in [2.75, 3.05) is 31.1 Å². The van der Waals surface area contributed by atoms with E-state index in [2.05, 4.69) is 15.2 Å². The number of hydrogen-bond donors (Lipinski definition) is 1. The number of hydrogen-bond acceptors (Lipinski definition) is 4. The Kier molecular flexibility index (Phi) is 5.02. The molecule has 0 radical (unpaired) electrons. The molecule has 0 bridgehead atoms. The number of aromatic nitrogens is 1. The number of rotatable bonds is 3. The molecule has 1 saturated carbocycles. The minimum absolute atomic E-state index is 0.103. The van der Waals surface area contributed by atoms with Crippen LogP contribution >= 0.6 is 0 Å². The van der Waals surface area contributed by atoms with Crippen LogP contribution in [0.5, 0.6) is 0 Å². The molecule has 1 aromatic rings. The summed E-state index contributed by atoms with van der Waals surface area (Å²) < 4.78 is 0. The quantitative estimate of drug-likeness (QED) is 0.914. The first kappa shape index (κ1) is 16.7. The fraction of sp³-hybridized carbons (Fsp3) is 0.611. The van der Waals surface area contributed by atoms with E-state index < -0.39 is 5.54 Å². The van der Waals surface area contributed by atoms with E-state index in [1.165, 1.54) is 6.92 Å². The Hall–Kier alpha value is -2.11. The summed E-state index contributed by atoms with van der Waals surface area (Å²) in [5, 5.41) is 2.98. The Bertz CT molecular complexity index is 576. The maximum absolute atomic E-state index is 13.1. The molecule has 0 aromatic carbocycles. The molecule has 1 aliphatic carbocycles. The van der Waals surface area contributed by atoms with E-state index in [0.717, 1.165) is 50.9 Å². The van der Waals surface area contributed by atoms with Gasteiger partial charge in [-0.05, 0) is 25.0 Å². The van der Waals surface area contributed by atoms with Gasteiger partial charge in [0.1, 0.15) is 5.54 Å². The molecule has 2 fully saturated rings. The third kappa shape index (κ3) is 3.52. The molecule has 0 spiro atoms. The summed E-state index contributed by atoms with van der Waals surface area (Å²) in [7, 11) is 0. The third-order valence-electron chi connectivity index (χ3n) is 5.13. The molecule has 1 N–H and O–H groups in total. The van der Waals surface area contributed by atoms with Gasteiger partial charge < -0.3 is 15.1 Å². The first-order valence-corrected chi connectivity index (χ1v) is 8.84. The lowest BCUT2D eigenvalue weighted by Crippen LogP contribution is -2.63. The molecule has 1 saturated heterocycles. The van der Waals surface area contributed by atoms with E-state index in [1.807, 2.05) is 17.0 Å². The summed E-state index contributed by atoms with van der Waals surface area (Å²) in [5.74, 6) is -0.00699. The van der Waals surface area contributed by atoms with Crippen LogP contribution in [0.1, 0.15) is 39.0 Å². The number of carbonyl (C=O) groups excluding carboxylic acids is 2. The molecule has 2 heterocycles. The highest BCUT2D eigenvalue weighted by Crippen LogP contribution is 2.30. The van der Waals surface area contributed by atoms with Gasteiger partial charge in [0, 0.05) is 51.2 Å². The van der Waals surface area contributed by atoms with E-state index in [-0.39, 0.29) is 11.8 Å². The molecule has 6 nitrogen and oxygen atoms in total. The molecule has 0 atom stereocenters. The Labute approximate surface area is 143 Å². The molecule has 2 amide bonds. The SMILES string of the molecule is CC(=O)NC1(C(=O)N2CCN(c3ccncc3)CC2)CCCCC1. The van der Waals surface area contributed by atoms with Gasteiger partial charge in [-0.2, -0.15) is 0 Å². The normalized spacial score (nSPS) is 20.5. The van der Waals surface area contributed by atoms with Crippen LogP contribution in [0.2, 0.25) is 0 Å². The van der Waals surface area contributed by atoms with Crippen molar-refractivity contribution in [3.8, 4) is 0 Å². The molecular formula is C18H26N4O2. The fourth-order valence-corrected chi connectivity index (χ4v) is 3.91. The van der Waals surface area contributed by atoms with Gasteiger partial charge in [-0.3, -0.25) is 14.6 Å². The second-order valence-corrected chi connectivity index (χ2v) is 6.81. The van der Waals surface area contributed by atoms with E-state index in [4.69, 9.17) is 0 Å². The van der Waals surface area contributed by atoms with Crippen LogP contribution in [0.4, 0.5) is 5.69 Å². The van der Waals surface area contributed by atoms with Gasteiger partial charge in [0.2, 0.25) is 11.8 Å². The van der Waals surface area contributed by atoms with E-state index in [0.29, 0.717) is 13.1 Å². The summed E-state index contributed by atoms with van der Waals surface area (Å²) in [6, 6.07) is 3.99. The first-order chi connectivity index (χ1) is 11.6. The lowest BCUT2D eigenvalue weighted by Gasteiger charge is -2.43. The fourth-order valence-electron chi connectivity index (χ4n) is 3.91. The van der Waals surface area contributed by atoms with Crippen molar-refractivity contribution in [1.29, 1.82) is 0 Å². The average Bonchev–Trinajstić information content (AvgIpc) is 2.62. The molecule has 130 valence electrons. The van der Waals surface area contributed by atoms with Gasteiger partial charge in [0.05, 0.1) is 0 Å². The van der Waals surface area contributed by atoms with E-state index in [1.54, 1.807) is 12.4 Å². The third-order valence-corrected chi connectivity index (χ3v) is 5.13. The molecular weight excluding hydrogens is 304 g/mol. The zero-order chi connectivity index (χ0) is 17.0. The van der Waals surface area contributed by atoms with Gasteiger partial charge in [0.25, 0.3) is 0 Å². The van der Waals surface area contributed by atoms with Crippen molar-refractivity contribution in [3.05, 3.63) is 24.5 Å². The summed E-state index contributed by atoms with van der Waals surface area (Å²) in [4.78, 5) is 33.0. The Morgan fingerprint density at radius 3 is 2.25 bits per heavy atom. The molecule has 1 aromatic heterocycles. The standard InChI is InChI=1S/C18H26N4O2/c1-15(23)20-18(7-3-2-4-8-18)17(24)22-13-11-21(12-14-22)16-5-9-19-10-6-16/h5-6,9-10H,2-4,7-8,11-14H2,1H3,(H,20,23). The van der Waals surface area contributed by atoms with Crippen molar-refractivity contribution < 1.29 is 9.59 Å². The van der Waals surface area contributed by atoms with Crippen LogP contribution in [-0.4, -0.2) is 53.4 Å². The second kappa shape index (κ2) is 7.20. The highest BCUT2D eigenvalue weighted by atomic mass is 16.2. The van der Waals surface area contributed by atoms with Crippen molar-refractivity contribution >= 4 is 17.5 Å². The molecule has 2 aliphatic rings. The topological polar surface area (TPSA) is 65.5 Å². The summed E-state index contributed by atoms with van der Waals surface area (Å²) in [6.07, 6.45) is 8.25. The maximum atomic E-state index is 13.1. The zero-order valence-corrected chi connectivity index (χ0v) is 14.3. The monoisotopic (exact) mass is 330 g/mol. The number of nitrogens with zero attached hydrogens (tertiary/aromatic N) is 3. The van der Waals surface area contributed by atoms with Gasteiger partial charge >= 0.3 is 0 Å². The molecule has 1 aliphatic heterocycles. The van der Waals surface area contributed by atoms with Crippen molar-refractivity contribution in [1.82, 2.24) is 15.2 Å². The predicted molar refractivity (Wildman–Crippen MR) is 92.7 cm³/mol. The minimum atomic E-state index is -0.678. The Morgan fingerprint density at radius 1 is 1.04 bits per heavy atom. The molecule has 3 rings (SSSR count). The van der Waals surface area contributed by atoms with Gasteiger partial charge in [-0.1, -0.05) is 19.3 Å².